The molecule has 2 amide bonds. The zero-order valence-corrected chi connectivity index (χ0v) is 14.6. The van der Waals surface area contributed by atoms with Gasteiger partial charge in [-0.05, 0) is 6.42 Å². The highest BCUT2D eigenvalue weighted by atomic mass is 16.2. The topological polar surface area (TPSA) is 89.3 Å². The molecule has 0 aromatic carbocycles. The molecule has 0 aromatic heterocycles. The van der Waals surface area contributed by atoms with E-state index < -0.39 is 11.9 Å². The Morgan fingerprint density at radius 1 is 0.913 bits per heavy atom. The van der Waals surface area contributed by atoms with E-state index in [1.54, 1.807) is 6.29 Å². The van der Waals surface area contributed by atoms with E-state index in [2.05, 4.69) is 12.2 Å². The minimum atomic E-state index is -0.910. The number of carbonyl (C=O) groups is 2. The largest absolute Gasteiger partial charge is 0.370 e. The fourth-order valence-corrected chi connectivity index (χ4v) is 2.54. The van der Waals surface area contributed by atoms with Crippen LogP contribution in [0.3, 0.4) is 0 Å². The second kappa shape index (κ2) is 15.5. The second-order valence-corrected chi connectivity index (χ2v) is 6.19. The minimum absolute atomic E-state index is 0.187. The van der Waals surface area contributed by atoms with Crippen molar-refractivity contribution in [1.82, 2.24) is 5.32 Å². The molecule has 0 aliphatic rings. The van der Waals surface area contributed by atoms with E-state index >= 15 is 0 Å². The molecule has 0 fully saturated rings. The van der Waals surface area contributed by atoms with E-state index in [1.807, 2.05) is 0 Å². The molecule has 5 nitrogen and oxygen atoms in total. The minimum Gasteiger partial charge on any atom is -0.370 e. The van der Waals surface area contributed by atoms with Gasteiger partial charge in [0.2, 0.25) is 18.1 Å². The lowest BCUT2D eigenvalue weighted by Crippen LogP contribution is -2.38. The van der Waals surface area contributed by atoms with Crippen molar-refractivity contribution in [2.24, 2.45) is 5.73 Å². The van der Waals surface area contributed by atoms with Gasteiger partial charge in [0, 0.05) is 6.42 Å². The van der Waals surface area contributed by atoms with Crippen LogP contribution in [0.1, 0.15) is 90.4 Å². The monoisotopic (exact) mass is 325 g/mol. The number of nitrogens with two attached hydrogens (primary N) is 1. The number of carbonyl (C=O) groups excluding carboxylic acids is 3. The Hall–Kier alpha value is -1.39. The molecule has 0 aliphatic carbocycles. The van der Waals surface area contributed by atoms with E-state index in [1.165, 1.54) is 51.4 Å². The van der Waals surface area contributed by atoms with E-state index in [4.69, 9.17) is 5.73 Å². The van der Waals surface area contributed by atoms with Gasteiger partial charge in [-0.3, -0.25) is 14.4 Å². The summed E-state index contributed by atoms with van der Waals surface area (Å²) in [6, 6.07) is -0.910. The van der Waals surface area contributed by atoms with Crippen molar-refractivity contribution >= 4 is 18.1 Å². The lowest BCUT2D eigenvalue weighted by atomic mass is 10.1. The number of hydrogen-bond donors (Lipinski definition) is 2. The van der Waals surface area contributed by atoms with Gasteiger partial charge in [0.1, 0.15) is 6.04 Å². The first-order chi connectivity index (χ1) is 11.1. The van der Waals surface area contributed by atoms with Crippen LogP contribution < -0.4 is 11.1 Å². The highest BCUT2D eigenvalue weighted by Crippen LogP contribution is 2.11. The molecule has 0 rings (SSSR count). The Bertz CT molecular complexity index is 332. The predicted octanol–water partition coefficient (Wildman–Crippen LogP) is 3.16. The smallest absolute Gasteiger partial charge is 0.223 e. The summed E-state index contributed by atoms with van der Waals surface area (Å²) in [5.41, 5.74) is 4.99. The quantitative estimate of drug-likeness (QED) is 0.427. The molecule has 0 aromatic rings. The van der Waals surface area contributed by atoms with E-state index in [-0.39, 0.29) is 12.3 Å². The molecule has 3 N–H and O–H groups in total. The molecule has 0 unspecified atom stereocenters. The lowest BCUT2D eigenvalue weighted by molar-refractivity contribution is -0.122. The summed E-state index contributed by atoms with van der Waals surface area (Å²) in [7, 11) is 0. The van der Waals surface area contributed by atoms with Gasteiger partial charge in [-0.2, -0.15) is 0 Å². The van der Waals surface area contributed by atoms with Crippen LogP contribution in [-0.4, -0.2) is 24.1 Å². The number of hydrogen-bond acceptors (Lipinski definition) is 3. The third kappa shape index (κ3) is 15.3. The summed E-state index contributed by atoms with van der Waals surface area (Å²) in [6.45, 7) is 2.23. The van der Waals surface area contributed by atoms with Crippen LogP contribution in [0.25, 0.3) is 0 Å². The molecular weight excluding hydrogens is 292 g/mol. The standard InChI is InChI=1S/C18H33N2O3/c1-2-3-4-5-6-7-8-9-10-11-12-13-18(23)20-16(15-21)14-17(19)22/h16H,2-14H2,1H3,(H2,19,22)(H,20,23)/t16-/m1/s1. The lowest BCUT2D eigenvalue weighted by Gasteiger charge is -2.10. The maximum absolute atomic E-state index is 11.6. The van der Waals surface area contributed by atoms with Gasteiger partial charge in [-0.1, -0.05) is 71.1 Å². The van der Waals surface area contributed by atoms with E-state index in [9.17, 15) is 14.4 Å². The Morgan fingerprint density at radius 2 is 1.39 bits per heavy atom. The highest BCUT2D eigenvalue weighted by Gasteiger charge is 2.14. The zero-order valence-electron chi connectivity index (χ0n) is 14.6. The second-order valence-electron chi connectivity index (χ2n) is 6.19. The first-order valence-electron chi connectivity index (χ1n) is 9.05. The fraction of sp³-hybridized carbons (Fsp3) is 0.833. The number of unbranched alkanes of at least 4 members (excludes halogenated alkanes) is 10. The van der Waals surface area contributed by atoms with Crippen molar-refractivity contribution in [3.8, 4) is 0 Å². The molecule has 23 heavy (non-hydrogen) atoms. The third-order valence-electron chi connectivity index (χ3n) is 3.89. The normalized spacial score (nSPS) is 11.9. The maximum Gasteiger partial charge on any atom is 0.223 e. The van der Waals surface area contributed by atoms with Crippen LogP contribution in [0.15, 0.2) is 0 Å². The highest BCUT2D eigenvalue weighted by molar-refractivity contribution is 5.84. The Balaban J connectivity index is 3.41. The Kier molecular flexibility index (Phi) is 14.6. The molecule has 1 radical (unpaired) electrons. The van der Waals surface area contributed by atoms with Gasteiger partial charge in [-0.15, -0.1) is 0 Å². The van der Waals surface area contributed by atoms with Gasteiger partial charge in [0.15, 0.2) is 0 Å². The first kappa shape index (κ1) is 21.6. The van der Waals surface area contributed by atoms with Crippen LogP contribution in [-0.2, 0) is 14.4 Å². The molecule has 0 saturated heterocycles. The van der Waals surface area contributed by atoms with E-state index in [0.717, 1.165) is 19.3 Å². The molecule has 0 saturated carbocycles. The number of rotatable bonds is 16. The molecule has 0 heterocycles. The Labute approximate surface area is 140 Å². The third-order valence-corrected chi connectivity index (χ3v) is 3.89. The van der Waals surface area contributed by atoms with Gasteiger partial charge in [0.25, 0.3) is 0 Å². The van der Waals surface area contributed by atoms with Crippen LogP contribution in [0.4, 0.5) is 0 Å². The average molecular weight is 325 g/mol. The molecule has 5 heteroatoms. The van der Waals surface area contributed by atoms with Crippen molar-refractivity contribution < 1.29 is 14.4 Å². The van der Waals surface area contributed by atoms with Gasteiger partial charge in [0.05, 0.1) is 6.42 Å². The summed E-state index contributed by atoms with van der Waals surface area (Å²) in [5.74, 6) is -0.830. The molecule has 1 atom stereocenters. The summed E-state index contributed by atoms with van der Waals surface area (Å²) >= 11 is 0. The van der Waals surface area contributed by atoms with Crippen LogP contribution in [0.2, 0.25) is 0 Å². The molecule has 0 spiro atoms. The van der Waals surface area contributed by atoms with Crippen LogP contribution in [0.5, 0.6) is 0 Å². The maximum atomic E-state index is 11.6. The van der Waals surface area contributed by atoms with Crippen molar-refractivity contribution in [1.29, 1.82) is 0 Å². The Morgan fingerprint density at radius 3 is 1.83 bits per heavy atom. The average Bonchev–Trinajstić information content (AvgIpc) is 2.51. The van der Waals surface area contributed by atoms with Gasteiger partial charge in [-0.25, -0.2) is 0 Å². The molecule has 0 aliphatic heterocycles. The predicted molar refractivity (Wildman–Crippen MR) is 92.5 cm³/mol. The van der Waals surface area contributed by atoms with Crippen molar-refractivity contribution in [3.05, 3.63) is 0 Å². The number of amides is 2. The van der Waals surface area contributed by atoms with Crippen molar-refractivity contribution in [2.45, 2.75) is 96.4 Å². The molecular formula is C18H33N2O3. The fourth-order valence-electron chi connectivity index (χ4n) is 2.54. The SMILES string of the molecule is CCCCCCCCCCCCCC(=O)N[C@@H]([C]=O)CC(N)=O. The van der Waals surface area contributed by atoms with E-state index in [0.29, 0.717) is 6.42 Å². The summed E-state index contributed by atoms with van der Waals surface area (Å²) in [5, 5.41) is 2.47. The van der Waals surface area contributed by atoms with Crippen LogP contribution in [0, 0.1) is 0 Å². The summed E-state index contributed by atoms with van der Waals surface area (Å²) in [6.07, 6.45) is 15.3. The van der Waals surface area contributed by atoms with Crippen molar-refractivity contribution in [2.75, 3.05) is 0 Å². The molecule has 133 valence electrons. The zero-order chi connectivity index (χ0) is 17.3. The number of nitrogens with one attached hydrogen (secondary N) is 1. The van der Waals surface area contributed by atoms with Crippen LogP contribution >= 0.6 is 0 Å². The first-order valence-corrected chi connectivity index (χ1v) is 9.05. The summed E-state index contributed by atoms with van der Waals surface area (Å²) in [4.78, 5) is 32.9. The number of primary amides is 1. The van der Waals surface area contributed by atoms with Crippen molar-refractivity contribution in [3.63, 3.8) is 0 Å². The van der Waals surface area contributed by atoms with Gasteiger partial charge >= 0.3 is 0 Å². The molecule has 0 bridgehead atoms. The van der Waals surface area contributed by atoms with Gasteiger partial charge < -0.3 is 11.1 Å². The summed E-state index contributed by atoms with van der Waals surface area (Å²) < 4.78 is 0.